The molecule has 1 N–H and O–H groups in total. The van der Waals surface area contributed by atoms with E-state index in [0.717, 1.165) is 53.6 Å². The standard InChI is InChI=1S/C25H25BrClN3O2/c1-32-24-11-6-19(26)16-22(24)25(31)28-20-7-9-21(10-8-20)30-14-12-29(13-15-30)17-18-4-2-3-5-23(18)27/h2-11,16H,12-15,17H2,1H3,(H,28,31). The van der Waals surface area contributed by atoms with Gasteiger partial charge in [0.15, 0.2) is 0 Å². The van der Waals surface area contributed by atoms with Crippen LogP contribution in [0.4, 0.5) is 11.4 Å². The van der Waals surface area contributed by atoms with E-state index < -0.39 is 0 Å². The first-order valence-corrected chi connectivity index (χ1v) is 11.7. The highest BCUT2D eigenvalue weighted by Gasteiger charge is 2.18. The van der Waals surface area contributed by atoms with Gasteiger partial charge in [0.2, 0.25) is 0 Å². The third kappa shape index (κ3) is 5.44. The lowest BCUT2D eigenvalue weighted by Crippen LogP contribution is -2.46. The van der Waals surface area contributed by atoms with E-state index in [0.29, 0.717) is 11.3 Å². The average Bonchev–Trinajstić information content (AvgIpc) is 2.81. The van der Waals surface area contributed by atoms with Gasteiger partial charge in [-0.3, -0.25) is 9.69 Å². The first kappa shape index (κ1) is 22.6. The van der Waals surface area contributed by atoms with Crippen LogP contribution in [0.25, 0.3) is 0 Å². The van der Waals surface area contributed by atoms with Crippen LogP contribution in [-0.4, -0.2) is 44.1 Å². The van der Waals surface area contributed by atoms with Gasteiger partial charge in [0.25, 0.3) is 5.91 Å². The summed E-state index contributed by atoms with van der Waals surface area (Å²) in [6.07, 6.45) is 0. The molecule has 0 radical (unpaired) electrons. The minimum absolute atomic E-state index is 0.205. The number of ether oxygens (including phenoxy) is 1. The summed E-state index contributed by atoms with van der Waals surface area (Å²) in [5.41, 5.74) is 3.56. The van der Waals surface area contributed by atoms with Gasteiger partial charge in [0.1, 0.15) is 5.75 Å². The van der Waals surface area contributed by atoms with Crippen molar-refractivity contribution in [3.8, 4) is 5.75 Å². The van der Waals surface area contributed by atoms with Crippen molar-refractivity contribution in [3.05, 3.63) is 87.4 Å². The van der Waals surface area contributed by atoms with Crippen molar-refractivity contribution in [3.63, 3.8) is 0 Å². The Morgan fingerprint density at radius 1 is 1.03 bits per heavy atom. The Morgan fingerprint density at radius 2 is 1.75 bits per heavy atom. The normalized spacial score (nSPS) is 14.3. The molecule has 32 heavy (non-hydrogen) atoms. The number of amides is 1. The summed E-state index contributed by atoms with van der Waals surface area (Å²) < 4.78 is 6.14. The molecule has 4 rings (SSSR count). The smallest absolute Gasteiger partial charge is 0.259 e. The number of rotatable bonds is 6. The Labute approximate surface area is 202 Å². The molecule has 0 aliphatic carbocycles. The van der Waals surface area contributed by atoms with Crippen molar-refractivity contribution in [2.75, 3.05) is 43.5 Å². The zero-order valence-corrected chi connectivity index (χ0v) is 20.2. The highest BCUT2D eigenvalue weighted by Crippen LogP contribution is 2.25. The molecule has 1 fully saturated rings. The summed E-state index contributed by atoms with van der Waals surface area (Å²) in [6.45, 7) is 4.73. The van der Waals surface area contributed by atoms with E-state index in [4.69, 9.17) is 16.3 Å². The van der Waals surface area contributed by atoms with Crippen molar-refractivity contribution >= 4 is 44.8 Å². The lowest BCUT2D eigenvalue weighted by Gasteiger charge is -2.36. The Kier molecular flexibility index (Phi) is 7.35. The van der Waals surface area contributed by atoms with Crippen molar-refractivity contribution < 1.29 is 9.53 Å². The predicted molar refractivity (Wildman–Crippen MR) is 134 cm³/mol. The Morgan fingerprint density at radius 3 is 2.44 bits per heavy atom. The molecule has 1 aliphatic heterocycles. The first-order chi connectivity index (χ1) is 15.5. The number of nitrogens with zero attached hydrogens (tertiary/aromatic N) is 2. The maximum Gasteiger partial charge on any atom is 0.259 e. The summed E-state index contributed by atoms with van der Waals surface area (Å²) in [5.74, 6) is 0.334. The summed E-state index contributed by atoms with van der Waals surface area (Å²) >= 11 is 9.71. The van der Waals surface area contributed by atoms with E-state index in [1.54, 1.807) is 19.2 Å². The molecule has 0 saturated carbocycles. The van der Waals surface area contributed by atoms with E-state index in [2.05, 4.69) is 49.2 Å². The van der Waals surface area contributed by atoms with E-state index >= 15 is 0 Å². The maximum absolute atomic E-state index is 12.7. The quantitative estimate of drug-likeness (QED) is 0.459. The Balaban J connectivity index is 1.34. The van der Waals surface area contributed by atoms with Crippen LogP contribution in [0.5, 0.6) is 5.75 Å². The molecule has 5 nitrogen and oxygen atoms in total. The van der Waals surface area contributed by atoms with Crippen LogP contribution in [0.2, 0.25) is 5.02 Å². The molecule has 1 amide bonds. The lowest BCUT2D eigenvalue weighted by molar-refractivity contribution is 0.102. The van der Waals surface area contributed by atoms with Gasteiger partial charge in [0.05, 0.1) is 12.7 Å². The van der Waals surface area contributed by atoms with Crippen molar-refractivity contribution in [2.24, 2.45) is 0 Å². The number of methoxy groups -OCH3 is 1. The number of anilines is 2. The van der Waals surface area contributed by atoms with Gasteiger partial charge in [-0.05, 0) is 54.1 Å². The fourth-order valence-electron chi connectivity index (χ4n) is 3.84. The average molecular weight is 515 g/mol. The van der Waals surface area contributed by atoms with E-state index in [1.165, 1.54) is 5.56 Å². The monoisotopic (exact) mass is 513 g/mol. The highest BCUT2D eigenvalue weighted by molar-refractivity contribution is 9.10. The second kappa shape index (κ2) is 10.4. The lowest BCUT2D eigenvalue weighted by atomic mass is 10.1. The zero-order valence-electron chi connectivity index (χ0n) is 17.9. The Bertz CT molecular complexity index is 1080. The number of piperazine rings is 1. The molecule has 0 spiro atoms. The topological polar surface area (TPSA) is 44.8 Å². The molecule has 166 valence electrons. The van der Waals surface area contributed by atoms with Crippen molar-refractivity contribution in [2.45, 2.75) is 6.54 Å². The molecule has 1 heterocycles. The summed E-state index contributed by atoms with van der Waals surface area (Å²) in [6, 6.07) is 21.4. The molecule has 0 bridgehead atoms. The molecule has 1 aliphatic rings. The van der Waals surface area contributed by atoms with Gasteiger partial charge in [-0.25, -0.2) is 0 Å². The van der Waals surface area contributed by atoms with E-state index in [-0.39, 0.29) is 5.91 Å². The van der Waals surface area contributed by atoms with Crippen molar-refractivity contribution in [1.82, 2.24) is 4.90 Å². The van der Waals surface area contributed by atoms with Gasteiger partial charge in [-0.15, -0.1) is 0 Å². The molecule has 7 heteroatoms. The fourth-order valence-corrected chi connectivity index (χ4v) is 4.40. The molecular weight excluding hydrogens is 490 g/mol. The molecule has 3 aromatic carbocycles. The van der Waals surface area contributed by atoms with Gasteiger partial charge < -0.3 is 15.0 Å². The second-order valence-corrected chi connectivity index (χ2v) is 9.02. The minimum Gasteiger partial charge on any atom is -0.496 e. The highest BCUT2D eigenvalue weighted by atomic mass is 79.9. The van der Waals surface area contributed by atoms with Crippen LogP contribution in [0.3, 0.4) is 0 Å². The minimum atomic E-state index is -0.205. The number of benzene rings is 3. The summed E-state index contributed by atoms with van der Waals surface area (Å²) in [4.78, 5) is 17.5. The van der Waals surface area contributed by atoms with Gasteiger partial charge in [-0.2, -0.15) is 0 Å². The van der Waals surface area contributed by atoms with Crippen LogP contribution in [0.1, 0.15) is 15.9 Å². The second-order valence-electron chi connectivity index (χ2n) is 7.70. The number of hydrogen-bond donors (Lipinski definition) is 1. The number of nitrogens with one attached hydrogen (secondary N) is 1. The summed E-state index contributed by atoms with van der Waals surface area (Å²) in [7, 11) is 1.56. The van der Waals surface area contributed by atoms with Crippen LogP contribution >= 0.6 is 27.5 Å². The summed E-state index contributed by atoms with van der Waals surface area (Å²) in [5, 5.41) is 3.78. The number of carbonyl (C=O) groups excluding carboxylic acids is 1. The zero-order chi connectivity index (χ0) is 22.5. The third-order valence-corrected chi connectivity index (χ3v) is 6.48. The number of halogens is 2. The predicted octanol–water partition coefficient (Wildman–Crippen LogP) is 5.69. The Hall–Kier alpha value is -2.54. The van der Waals surface area contributed by atoms with Crippen LogP contribution in [0.15, 0.2) is 71.2 Å². The van der Waals surface area contributed by atoms with Crippen LogP contribution in [0, 0.1) is 0 Å². The number of carbonyl (C=O) groups is 1. The largest absolute Gasteiger partial charge is 0.496 e. The van der Waals surface area contributed by atoms with E-state index in [1.807, 2.05) is 36.4 Å². The van der Waals surface area contributed by atoms with Gasteiger partial charge >= 0.3 is 0 Å². The van der Waals surface area contributed by atoms with Gasteiger partial charge in [-0.1, -0.05) is 45.7 Å². The van der Waals surface area contributed by atoms with Crippen LogP contribution < -0.4 is 15.0 Å². The third-order valence-electron chi connectivity index (χ3n) is 5.62. The molecule has 0 atom stereocenters. The molecule has 0 aromatic heterocycles. The molecule has 0 unspecified atom stereocenters. The molecular formula is C25H25BrClN3O2. The number of hydrogen-bond acceptors (Lipinski definition) is 4. The maximum atomic E-state index is 12.7. The SMILES string of the molecule is COc1ccc(Br)cc1C(=O)Nc1ccc(N2CCN(Cc3ccccc3Cl)CC2)cc1. The first-order valence-electron chi connectivity index (χ1n) is 10.5. The fraction of sp³-hybridized carbons (Fsp3) is 0.240. The van der Waals surface area contributed by atoms with Gasteiger partial charge in [0, 0.05) is 53.6 Å². The molecule has 1 saturated heterocycles. The van der Waals surface area contributed by atoms with Crippen molar-refractivity contribution in [1.29, 1.82) is 0 Å². The molecule has 3 aromatic rings. The van der Waals surface area contributed by atoms with Crippen LogP contribution in [-0.2, 0) is 6.54 Å². The van der Waals surface area contributed by atoms with E-state index in [9.17, 15) is 4.79 Å².